The monoisotopic (exact) mass is 364 g/mol. The minimum atomic E-state index is -0.571. The van der Waals surface area contributed by atoms with Crippen LogP contribution in [0.15, 0.2) is 12.4 Å². The first-order chi connectivity index (χ1) is 11.7. The van der Waals surface area contributed by atoms with E-state index >= 15 is 0 Å². The van der Waals surface area contributed by atoms with Gasteiger partial charge in [-0.25, -0.2) is 19.7 Å². The number of carbonyl (C=O) groups is 1. The maximum absolute atomic E-state index is 12.1. The van der Waals surface area contributed by atoms with Crippen molar-refractivity contribution < 1.29 is 9.53 Å². The van der Waals surface area contributed by atoms with Gasteiger partial charge >= 0.3 is 6.09 Å². The molecule has 0 unspecified atom stereocenters. The highest BCUT2D eigenvalue weighted by Gasteiger charge is 2.31. The van der Waals surface area contributed by atoms with Crippen molar-refractivity contribution in [1.29, 1.82) is 0 Å². The van der Waals surface area contributed by atoms with Crippen LogP contribution in [0.2, 0.25) is 5.15 Å². The Hall–Kier alpha value is -2.22. The largest absolute Gasteiger partial charge is 0.444 e. The SMILES string of the molecule is C[C@H](NC(=O)OC(C)(C)C)c1nc(C2CC2)nn1-c1cnc(Cl)cn1. The Morgan fingerprint density at radius 1 is 1.36 bits per heavy atom. The van der Waals surface area contributed by atoms with E-state index in [9.17, 15) is 4.79 Å². The highest BCUT2D eigenvalue weighted by Crippen LogP contribution is 2.38. The molecular formula is C16H21ClN6O2. The van der Waals surface area contributed by atoms with Crippen molar-refractivity contribution in [3.8, 4) is 5.82 Å². The summed E-state index contributed by atoms with van der Waals surface area (Å²) in [6.07, 6.45) is 4.61. The van der Waals surface area contributed by atoms with E-state index in [0.717, 1.165) is 18.7 Å². The third-order valence-corrected chi connectivity index (χ3v) is 3.73. The number of amides is 1. The van der Waals surface area contributed by atoms with E-state index in [1.807, 2.05) is 27.7 Å². The summed E-state index contributed by atoms with van der Waals surface area (Å²) < 4.78 is 6.90. The van der Waals surface area contributed by atoms with Gasteiger partial charge < -0.3 is 10.1 Å². The van der Waals surface area contributed by atoms with Crippen LogP contribution in [0, 0.1) is 0 Å². The highest BCUT2D eigenvalue weighted by atomic mass is 35.5. The molecule has 8 nitrogen and oxygen atoms in total. The first-order valence-corrected chi connectivity index (χ1v) is 8.55. The van der Waals surface area contributed by atoms with Crippen LogP contribution in [0.3, 0.4) is 0 Å². The molecule has 1 aliphatic rings. The van der Waals surface area contributed by atoms with Gasteiger partial charge in [0.15, 0.2) is 17.5 Å². The molecule has 2 aromatic heterocycles. The molecule has 25 heavy (non-hydrogen) atoms. The quantitative estimate of drug-likeness (QED) is 0.895. The summed E-state index contributed by atoms with van der Waals surface area (Å²) in [4.78, 5) is 24.9. The summed E-state index contributed by atoms with van der Waals surface area (Å²) in [5, 5.41) is 7.63. The second-order valence-corrected chi connectivity index (χ2v) is 7.47. The predicted octanol–water partition coefficient (Wildman–Crippen LogP) is 3.17. The summed E-state index contributed by atoms with van der Waals surface area (Å²) >= 11 is 5.81. The molecule has 2 aromatic rings. The van der Waals surface area contributed by atoms with E-state index in [1.165, 1.54) is 12.4 Å². The van der Waals surface area contributed by atoms with E-state index in [4.69, 9.17) is 16.3 Å². The van der Waals surface area contributed by atoms with Crippen LogP contribution in [0.1, 0.15) is 64.1 Å². The lowest BCUT2D eigenvalue weighted by atomic mass is 10.2. The number of rotatable bonds is 4. The van der Waals surface area contributed by atoms with E-state index in [-0.39, 0.29) is 0 Å². The molecular weight excluding hydrogens is 344 g/mol. The molecule has 1 amide bonds. The number of ether oxygens (including phenoxy) is 1. The number of alkyl carbamates (subject to hydrolysis) is 1. The molecule has 1 fully saturated rings. The molecule has 0 spiro atoms. The number of halogens is 1. The Morgan fingerprint density at radius 3 is 2.64 bits per heavy atom. The van der Waals surface area contributed by atoms with Gasteiger partial charge in [0.25, 0.3) is 0 Å². The fraction of sp³-hybridized carbons (Fsp3) is 0.562. The van der Waals surface area contributed by atoms with Gasteiger partial charge in [0.2, 0.25) is 0 Å². The van der Waals surface area contributed by atoms with Crippen LogP contribution in [0.25, 0.3) is 5.82 Å². The summed E-state index contributed by atoms with van der Waals surface area (Å²) in [6, 6.07) is -0.410. The molecule has 9 heteroatoms. The van der Waals surface area contributed by atoms with Gasteiger partial charge in [-0.3, -0.25) is 0 Å². The van der Waals surface area contributed by atoms with Crippen molar-refractivity contribution in [2.45, 2.75) is 58.1 Å². The standard InChI is InChI=1S/C16H21ClN6O2/c1-9(20-15(24)25-16(2,3)4)14-21-13(10-5-6-10)22-23(14)12-8-18-11(17)7-19-12/h7-10H,5-6H2,1-4H3,(H,20,24)/t9-/m0/s1. The highest BCUT2D eigenvalue weighted by molar-refractivity contribution is 6.29. The normalized spacial score (nSPS) is 15.7. The number of carbonyl (C=O) groups excluding carboxylic acids is 1. The molecule has 1 saturated carbocycles. The predicted molar refractivity (Wildman–Crippen MR) is 91.7 cm³/mol. The zero-order chi connectivity index (χ0) is 18.2. The zero-order valence-electron chi connectivity index (χ0n) is 14.7. The van der Waals surface area contributed by atoms with Crippen molar-refractivity contribution >= 4 is 17.7 Å². The molecule has 134 valence electrons. The van der Waals surface area contributed by atoms with Gasteiger partial charge in [-0.2, -0.15) is 4.68 Å². The van der Waals surface area contributed by atoms with Crippen LogP contribution in [-0.2, 0) is 4.74 Å². The first kappa shape index (κ1) is 17.6. The summed E-state index contributed by atoms with van der Waals surface area (Å²) in [7, 11) is 0. The lowest BCUT2D eigenvalue weighted by Gasteiger charge is -2.21. The van der Waals surface area contributed by atoms with Crippen LogP contribution in [-0.4, -0.2) is 36.4 Å². The van der Waals surface area contributed by atoms with Crippen molar-refractivity contribution in [3.63, 3.8) is 0 Å². The van der Waals surface area contributed by atoms with E-state index in [0.29, 0.717) is 22.7 Å². The number of aromatic nitrogens is 5. The van der Waals surface area contributed by atoms with Gasteiger partial charge in [0, 0.05) is 5.92 Å². The Kier molecular flexibility index (Phi) is 4.64. The summed E-state index contributed by atoms with van der Waals surface area (Å²) in [5.41, 5.74) is -0.571. The van der Waals surface area contributed by atoms with Crippen LogP contribution < -0.4 is 5.32 Å². The molecule has 3 rings (SSSR count). The smallest absolute Gasteiger partial charge is 0.408 e. The fourth-order valence-electron chi connectivity index (χ4n) is 2.27. The molecule has 1 aliphatic carbocycles. The van der Waals surface area contributed by atoms with Crippen LogP contribution >= 0.6 is 11.6 Å². The van der Waals surface area contributed by atoms with Gasteiger partial charge in [0.05, 0.1) is 18.4 Å². The Balaban J connectivity index is 1.86. The zero-order valence-corrected chi connectivity index (χ0v) is 15.4. The van der Waals surface area contributed by atoms with Crippen molar-refractivity contribution in [1.82, 2.24) is 30.0 Å². The average molecular weight is 365 g/mol. The summed E-state index contributed by atoms with van der Waals surface area (Å²) in [5.74, 6) is 2.19. The molecule has 0 saturated heterocycles. The third-order valence-electron chi connectivity index (χ3n) is 3.54. The van der Waals surface area contributed by atoms with Crippen LogP contribution in [0.5, 0.6) is 0 Å². The van der Waals surface area contributed by atoms with Crippen molar-refractivity contribution in [2.24, 2.45) is 0 Å². The fourth-order valence-corrected chi connectivity index (χ4v) is 2.37. The van der Waals surface area contributed by atoms with Crippen LogP contribution in [0.4, 0.5) is 4.79 Å². The topological polar surface area (TPSA) is 94.8 Å². The molecule has 1 atom stereocenters. The molecule has 2 heterocycles. The average Bonchev–Trinajstić information content (AvgIpc) is 3.25. The number of nitrogens with one attached hydrogen (secondary N) is 1. The first-order valence-electron chi connectivity index (χ1n) is 8.17. The minimum absolute atomic E-state index is 0.299. The second-order valence-electron chi connectivity index (χ2n) is 7.08. The maximum Gasteiger partial charge on any atom is 0.408 e. The number of nitrogens with zero attached hydrogens (tertiary/aromatic N) is 5. The Labute approximate surface area is 151 Å². The second kappa shape index (κ2) is 6.59. The van der Waals surface area contributed by atoms with Gasteiger partial charge in [-0.1, -0.05) is 11.6 Å². The Morgan fingerprint density at radius 2 is 2.08 bits per heavy atom. The number of hydrogen-bond acceptors (Lipinski definition) is 6. The summed E-state index contributed by atoms with van der Waals surface area (Å²) in [6.45, 7) is 7.27. The minimum Gasteiger partial charge on any atom is -0.444 e. The number of hydrogen-bond donors (Lipinski definition) is 1. The Bertz CT molecular complexity index is 764. The lowest BCUT2D eigenvalue weighted by Crippen LogP contribution is -2.35. The van der Waals surface area contributed by atoms with Gasteiger partial charge in [-0.15, -0.1) is 5.10 Å². The molecule has 0 radical (unpaired) electrons. The lowest BCUT2D eigenvalue weighted by molar-refractivity contribution is 0.0505. The van der Waals surface area contributed by atoms with E-state index in [2.05, 4.69) is 25.4 Å². The van der Waals surface area contributed by atoms with E-state index in [1.54, 1.807) is 4.68 Å². The maximum atomic E-state index is 12.1. The van der Waals surface area contributed by atoms with Gasteiger partial charge in [0.1, 0.15) is 10.8 Å². The molecule has 1 N–H and O–H groups in total. The molecule has 0 aliphatic heterocycles. The van der Waals surface area contributed by atoms with E-state index < -0.39 is 17.7 Å². The van der Waals surface area contributed by atoms with Crippen molar-refractivity contribution in [3.05, 3.63) is 29.2 Å². The van der Waals surface area contributed by atoms with Crippen molar-refractivity contribution in [2.75, 3.05) is 0 Å². The molecule has 0 bridgehead atoms. The van der Waals surface area contributed by atoms with Gasteiger partial charge in [-0.05, 0) is 40.5 Å². The molecule has 0 aromatic carbocycles. The third kappa shape index (κ3) is 4.45.